The second kappa shape index (κ2) is 8.70. The predicted molar refractivity (Wildman–Crippen MR) is 139 cm³/mol. The Bertz CT molecular complexity index is 1640. The number of thiazole rings is 1. The third kappa shape index (κ3) is 4.13. The number of para-hydroxylation sites is 3. The van der Waals surface area contributed by atoms with E-state index in [2.05, 4.69) is 0 Å². The maximum atomic E-state index is 11.8. The van der Waals surface area contributed by atoms with Crippen LogP contribution >= 0.6 is 11.3 Å². The zero-order valence-corrected chi connectivity index (χ0v) is 19.3. The highest BCUT2D eigenvalue weighted by Crippen LogP contribution is 2.34. The van der Waals surface area contributed by atoms with Gasteiger partial charge in [0.15, 0.2) is 5.76 Å². The summed E-state index contributed by atoms with van der Waals surface area (Å²) in [4.78, 5) is 16.5. The Labute approximate surface area is 204 Å². The zero-order chi connectivity index (χ0) is 23.8. The van der Waals surface area contributed by atoms with Gasteiger partial charge in [0.05, 0.1) is 22.3 Å². The quantitative estimate of drug-likeness (QED) is 0.282. The lowest BCUT2D eigenvalue weighted by Crippen LogP contribution is -1.97. The molecule has 3 aromatic heterocycles. The highest BCUT2D eigenvalue weighted by Gasteiger charge is 2.19. The molecule has 3 heterocycles. The van der Waals surface area contributed by atoms with Crippen LogP contribution < -0.4 is 0 Å². The third-order valence-electron chi connectivity index (χ3n) is 5.66. The van der Waals surface area contributed by atoms with E-state index in [-0.39, 0.29) is 6.42 Å². The summed E-state index contributed by atoms with van der Waals surface area (Å²) in [6.07, 6.45) is 3.60. The molecule has 35 heavy (non-hydrogen) atoms. The Morgan fingerprint density at radius 3 is 2.57 bits per heavy atom. The molecule has 0 fully saturated rings. The van der Waals surface area contributed by atoms with Crippen LogP contribution in [0.3, 0.4) is 0 Å². The SMILES string of the molecule is O=C(O)C/C(=C/c1cn(-c2ccccc2)nc1-c1cc2ccccc2o1)c1nc2ccccc2s1. The smallest absolute Gasteiger partial charge is 0.307 e. The monoisotopic (exact) mass is 477 g/mol. The minimum absolute atomic E-state index is 0.157. The van der Waals surface area contributed by atoms with Crippen molar-refractivity contribution >= 4 is 50.1 Å². The minimum Gasteiger partial charge on any atom is -0.481 e. The summed E-state index contributed by atoms with van der Waals surface area (Å²) in [7, 11) is 0. The number of fused-ring (bicyclic) bond motifs is 2. The maximum Gasteiger partial charge on any atom is 0.307 e. The molecule has 0 spiro atoms. The molecule has 0 aliphatic rings. The average Bonchev–Trinajstić information content (AvgIpc) is 3.60. The van der Waals surface area contributed by atoms with Gasteiger partial charge in [0.25, 0.3) is 0 Å². The predicted octanol–water partition coefficient (Wildman–Crippen LogP) is 6.91. The van der Waals surface area contributed by atoms with Gasteiger partial charge in [0, 0.05) is 17.1 Å². The van der Waals surface area contributed by atoms with E-state index in [1.54, 1.807) is 4.68 Å². The number of hydrogen-bond donors (Lipinski definition) is 1. The number of nitrogens with zero attached hydrogens (tertiary/aromatic N) is 3. The number of carbonyl (C=O) groups is 1. The maximum absolute atomic E-state index is 11.8. The highest BCUT2D eigenvalue weighted by atomic mass is 32.1. The van der Waals surface area contributed by atoms with Crippen molar-refractivity contribution in [3.05, 3.63) is 102 Å². The van der Waals surface area contributed by atoms with E-state index in [1.807, 2.05) is 97.2 Å². The van der Waals surface area contributed by atoms with Gasteiger partial charge in [0.2, 0.25) is 0 Å². The van der Waals surface area contributed by atoms with E-state index in [0.717, 1.165) is 32.4 Å². The van der Waals surface area contributed by atoms with Crippen molar-refractivity contribution < 1.29 is 14.3 Å². The highest BCUT2D eigenvalue weighted by molar-refractivity contribution is 7.19. The molecule has 0 saturated carbocycles. The van der Waals surface area contributed by atoms with Crippen LogP contribution in [0.1, 0.15) is 17.0 Å². The van der Waals surface area contributed by atoms with E-state index in [0.29, 0.717) is 22.0 Å². The van der Waals surface area contributed by atoms with Gasteiger partial charge in [0.1, 0.15) is 16.3 Å². The van der Waals surface area contributed by atoms with Gasteiger partial charge in [-0.25, -0.2) is 9.67 Å². The molecule has 0 bridgehead atoms. The van der Waals surface area contributed by atoms with Crippen molar-refractivity contribution in [3.8, 4) is 17.1 Å². The van der Waals surface area contributed by atoms with Gasteiger partial charge in [-0.3, -0.25) is 4.79 Å². The standard InChI is InChI=1S/C28H19N3O3S/c32-26(33)16-19(28-29-22-11-5-7-13-25(22)35-28)14-20-17-31(21-9-2-1-3-10-21)30-27(20)24-15-18-8-4-6-12-23(18)34-24/h1-15,17H,16H2,(H,32,33)/b19-14-. The van der Waals surface area contributed by atoms with Gasteiger partial charge in [-0.2, -0.15) is 5.10 Å². The fourth-order valence-electron chi connectivity index (χ4n) is 4.04. The molecule has 0 amide bonds. The van der Waals surface area contributed by atoms with Gasteiger partial charge >= 0.3 is 5.97 Å². The van der Waals surface area contributed by atoms with Crippen molar-refractivity contribution in [2.45, 2.75) is 6.42 Å². The molecule has 6 nitrogen and oxygen atoms in total. The summed E-state index contributed by atoms with van der Waals surface area (Å²) in [6.45, 7) is 0. The largest absolute Gasteiger partial charge is 0.481 e. The van der Waals surface area contributed by atoms with E-state index in [1.165, 1.54) is 11.3 Å². The Kier molecular flexibility index (Phi) is 5.24. The van der Waals surface area contributed by atoms with Crippen LogP contribution in [0.2, 0.25) is 0 Å². The number of carboxylic acids is 1. The fraction of sp³-hybridized carbons (Fsp3) is 0.0357. The molecule has 0 aliphatic heterocycles. The normalized spacial score (nSPS) is 11.9. The number of benzene rings is 3. The summed E-state index contributed by atoms with van der Waals surface area (Å²) >= 11 is 1.48. The first-order valence-electron chi connectivity index (χ1n) is 11.1. The van der Waals surface area contributed by atoms with Gasteiger partial charge in [-0.05, 0) is 48.0 Å². The third-order valence-corrected chi connectivity index (χ3v) is 6.77. The second-order valence-electron chi connectivity index (χ2n) is 8.09. The van der Waals surface area contributed by atoms with Crippen molar-refractivity contribution in [2.75, 3.05) is 0 Å². The molecule has 0 radical (unpaired) electrons. The van der Waals surface area contributed by atoms with E-state index >= 15 is 0 Å². The van der Waals surface area contributed by atoms with Crippen molar-refractivity contribution in [1.29, 1.82) is 0 Å². The molecule has 6 aromatic rings. The van der Waals surface area contributed by atoms with Crippen LogP contribution in [0, 0.1) is 0 Å². The lowest BCUT2D eigenvalue weighted by molar-refractivity contribution is -0.135. The fourth-order valence-corrected chi connectivity index (χ4v) is 5.02. The summed E-state index contributed by atoms with van der Waals surface area (Å²) in [5.41, 5.74) is 4.51. The lowest BCUT2D eigenvalue weighted by atomic mass is 10.1. The van der Waals surface area contributed by atoms with Crippen LogP contribution in [0.4, 0.5) is 0 Å². The summed E-state index contributed by atoms with van der Waals surface area (Å²) in [5.74, 6) is -0.303. The van der Waals surface area contributed by atoms with Crippen molar-refractivity contribution in [3.63, 3.8) is 0 Å². The first kappa shape index (κ1) is 21.1. The molecule has 7 heteroatoms. The molecule has 3 aromatic carbocycles. The van der Waals surface area contributed by atoms with E-state index in [9.17, 15) is 9.90 Å². The lowest BCUT2D eigenvalue weighted by Gasteiger charge is -2.01. The van der Waals surface area contributed by atoms with Crippen LogP contribution in [-0.2, 0) is 4.79 Å². The summed E-state index contributed by atoms with van der Waals surface area (Å²) in [5, 5.41) is 16.1. The molecule has 0 unspecified atom stereocenters. The topological polar surface area (TPSA) is 81.1 Å². The second-order valence-corrected chi connectivity index (χ2v) is 9.12. The molecule has 170 valence electrons. The molecule has 0 atom stereocenters. The average molecular weight is 478 g/mol. The van der Waals surface area contributed by atoms with E-state index in [4.69, 9.17) is 14.5 Å². The number of rotatable bonds is 6. The van der Waals surface area contributed by atoms with Gasteiger partial charge in [-0.1, -0.05) is 48.5 Å². The number of aromatic nitrogens is 3. The van der Waals surface area contributed by atoms with Crippen LogP contribution in [0.25, 0.3) is 50.0 Å². The van der Waals surface area contributed by atoms with E-state index < -0.39 is 5.97 Å². The molecular formula is C28H19N3O3S. The molecule has 1 N–H and O–H groups in total. The first-order valence-corrected chi connectivity index (χ1v) is 11.9. The molecule has 6 rings (SSSR count). The molecular weight excluding hydrogens is 458 g/mol. The minimum atomic E-state index is -0.920. The Hall–Kier alpha value is -4.49. The number of carboxylic acid groups (broad SMARTS) is 1. The number of furan rings is 1. The Morgan fingerprint density at radius 1 is 1.00 bits per heavy atom. The van der Waals surface area contributed by atoms with Crippen LogP contribution in [0.5, 0.6) is 0 Å². The summed E-state index contributed by atoms with van der Waals surface area (Å²) in [6, 6.07) is 27.3. The Balaban J connectivity index is 1.54. The Morgan fingerprint density at radius 2 is 1.77 bits per heavy atom. The number of hydrogen-bond acceptors (Lipinski definition) is 5. The van der Waals surface area contributed by atoms with Crippen LogP contribution in [-0.4, -0.2) is 25.8 Å². The van der Waals surface area contributed by atoms with Crippen molar-refractivity contribution in [2.24, 2.45) is 0 Å². The van der Waals surface area contributed by atoms with Crippen LogP contribution in [0.15, 0.2) is 95.5 Å². The van der Waals surface area contributed by atoms with Gasteiger partial charge < -0.3 is 9.52 Å². The van der Waals surface area contributed by atoms with Gasteiger partial charge in [-0.15, -0.1) is 11.3 Å². The first-order chi connectivity index (χ1) is 17.1. The van der Waals surface area contributed by atoms with Crippen molar-refractivity contribution in [1.82, 2.24) is 14.8 Å². The molecule has 0 saturated heterocycles. The zero-order valence-electron chi connectivity index (χ0n) is 18.5. The number of aliphatic carboxylic acids is 1. The summed E-state index contributed by atoms with van der Waals surface area (Å²) < 4.78 is 8.92. The molecule has 0 aliphatic carbocycles.